The second-order valence-corrected chi connectivity index (χ2v) is 5.18. The van der Waals surface area contributed by atoms with Crippen molar-refractivity contribution in [2.75, 3.05) is 5.32 Å². The van der Waals surface area contributed by atoms with E-state index in [0.717, 1.165) is 28.8 Å². The largest absolute Gasteiger partial charge is 0.465 e. The highest BCUT2D eigenvalue weighted by Crippen LogP contribution is 2.26. The van der Waals surface area contributed by atoms with Crippen LogP contribution in [0.4, 0.5) is 10.5 Å². The second kappa shape index (κ2) is 5.52. The van der Waals surface area contributed by atoms with Crippen LogP contribution in [0.3, 0.4) is 0 Å². The average Bonchev–Trinajstić information content (AvgIpc) is 2.83. The molecule has 5 nitrogen and oxygen atoms in total. The zero-order chi connectivity index (χ0) is 15.7. The summed E-state index contributed by atoms with van der Waals surface area (Å²) in [4.78, 5) is 15.4. The molecule has 1 amide bonds. The lowest BCUT2D eigenvalue weighted by molar-refractivity contribution is 0.210. The first kappa shape index (κ1) is 14.1. The fourth-order valence-corrected chi connectivity index (χ4v) is 2.55. The first-order valence-corrected chi connectivity index (χ1v) is 7.14. The number of carboxylic acid groups (broad SMARTS) is 1. The topological polar surface area (TPSA) is 67.2 Å². The molecular weight excluding hydrogens is 278 g/mol. The van der Waals surface area contributed by atoms with E-state index in [0.29, 0.717) is 5.69 Å². The van der Waals surface area contributed by atoms with Crippen molar-refractivity contribution in [1.82, 2.24) is 9.55 Å². The molecule has 22 heavy (non-hydrogen) atoms. The summed E-state index contributed by atoms with van der Waals surface area (Å²) in [5.74, 6) is 0.866. The van der Waals surface area contributed by atoms with Crippen molar-refractivity contribution in [1.29, 1.82) is 0 Å². The molecular formula is C17H17N3O2. The lowest BCUT2D eigenvalue weighted by Crippen LogP contribution is -2.06. The maximum Gasteiger partial charge on any atom is 0.409 e. The molecule has 3 rings (SSSR count). The molecule has 2 aromatic carbocycles. The van der Waals surface area contributed by atoms with Crippen molar-refractivity contribution >= 4 is 22.8 Å². The lowest BCUT2D eigenvalue weighted by Gasteiger charge is -2.04. The van der Waals surface area contributed by atoms with E-state index < -0.39 is 6.09 Å². The van der Waals surface area contributed by atoms with Crippen molar-refractivity contribution in [3.63, 3.8) is 0 Å². The number of anilines is 1. The minimum atomic E-state index is -1.08. The Morgan fingerprint density at radius 2 is 1.95 bits per heavy atom. The molecule has 0 saturated carbocycles. The summed E-state index contributed by atoms with van der Waals surface area (Å²) < 4.78 is 2.01. The third kappa shape index (κ3) is 2.53. The van der Waals surface area contributed by atoms with Crippen LogP contribution in [0.25, 0.3) is 22.4 Å². The summed E-state index contributed by atoms with van der Waals surface area (Å²) in [5.41, 5.74) is 4.58. The van der Waals surface area contributed by atoms with E-state index in [9.17, 15) is 4.79 Å². The molecule has 0 saturated heterocycles. The monoisotopic (exact) mass is 295 g/mol. The summed E-state index contributed by atoms with van der Waals surface area (Å²) >= 11 is 0. The molecule has 0 atom stereocenters. The quantitative estimate of drug-likeness (QED) is 0.770. The Labute approximate surface area is 128 Å². The SMILES string of the molecule is CCc1ccc(-c2nc3cc(NC(=O)O)ccc3n2C)cc1. The predicted octanol–water partition coefficient (Wildman–Crippen LogP) is 3.89. The zero-order valence-electron chi connectivity index (χ0n) is 12.5. The van der Waals surface area contributed by atoms with Gasteiger partial charge in [-0.2, -0.15) is 0 Å². The van der Waals surface area contributed by atoms with Crippen LogP contribution in [-0.4, -0.2) is 20.8 Å². The number of hydrogen-bond acceptors (Lipinski definition) is 2. The normalized spacial score (nSPS) is 10.8. The number of rotatable bonds is 3. The van der Waals surface area contributed by atoms with Crippen LogP contribution in [0.2, 0.25) is 0 Å². The minimum absolute atomic E-state index is 0.519. The fourth-order valence-electron chi connectivity index (χ4n) is 2.55. The van der Waals surface area contributed by atoms with Gasteiger partial charge in [0.15, 0.2) is 0 Å². The standard InChI is InChI=1S/C17H17N3O2/c1-3-11-4-6-12(7-5-11)16-19-14-10-13(18-17(21)22)8-9-15(14)20(16)2/h4-10,18H,3H2,1-2H3,(H,21,22). The maximum atomic E-state index is 10.7. The van der Waals surface area contributed by atoms with Gasteiger partial charge in [-0.15, -0.1) is 0 Å². The number of benzene rings is 2. The summed E-state index contributed by atoms with van der Waals surface area (Å²) in [6.45, 7) is 2.13. The van der Waals surface area contributed by atoms with Gasteiger partial charge in [0.2, 0.25) is 0 Å². The van der Waals surface area contributed by atoms with Gasteiger partial charge in [0, 0.05) is 18.3 Å². The fraction of sp³-hybridized carbons (Fsp3) is 0.176. The molecule has 0 unspecified atom stereocenters. The third-order valence-electron chi connectivity index (χ3n) is 3.75. The number of amides is 1. The minimum Gasteiger partial charge on any atom is -0.465 e. The number of nitrogens with one attached hydrogen (secondary N) is 1. The molecule has 0 aliphatic heterocycles. The third-order valence-corrected chi connectivity index (χ3v) is 3.75. The smallest absolute Gasteiger partial charge is 0.409 e. The van der Waals surface area contributed by atoms with E-state index >= 15 is 0 Å². The van der Waals surface area contributed by atoms with Gasteiger partial charge in [-0.05, 0) is 30.2 Å². The van der Waals surface area contributed by atoms with Crippen LogP contribution in [0, 0.1) is 0 Å². The number of nitrogens with zero attached hydrogens (tertiary/aromatic N) is 2. The molecule has 5 heteroatoms. The predicted molar refractivity (Wildman–Crippen MR) is 87.2 cm³/mol. The van der Waals surface area contributed by atoms with Crippen molar-refractivity contribution in [3.8, 4) is 11.4 Å². The van der Waals surface area contributed by atoms with E-state index in [2.05, 4.69) is 41.5 Å². The van der Waals surface area contributed by atoms with Gasteiger partial charge in [-0.1, -0.05) is 31.2 Å². The molecule has 0 aliphatic rings. The molecule has 0 aliphatic carbocycles. The lowest BCUT2D eigenvalue weighted by atomic mass is 10.1. The van der Waals surface area contributed by atoms with Gasteiger partial charge >= 0.3 is 6.09 Å². The molecule has 0 spiro atoms. The van der Waals surface area contributed by atoms with E-state index in [-0.39, 0.29) is 0 Å². The van der Waals surface area contributed by atoms with Crippen molar-refractivity contribution in [2.45, 2.75) is 13.3 Å². The summed E-state index contributed by atoms with van der Waals surface area (Å²) in [5, 5.41) is 11.1. The molecule has 1 aromatic heterocycles. The summed E-state index contributed by atoms with van der Waals surface area (Å²) in [7, 11) is 1.96. The highest BCUT2D eigenvalue weighted by molar-refractivity contribution is 5.89. The Bertz CT molecular complexity index is 835. The van der Waals surface area contributed by atoms with E-state index in [1.165, 1.54) is 5.56 Å². The number of aromatic nitrogens is 2. The highest BCUT2D eigenvalue weighted by Gasteiger charge is 2.11. The Hall–Kier alpha value is -2.82. The molecule has 1 heterocycles. The number of fused-ring (bicyclic) bond motifs is 1. The van der Waals surface area contributed by atoms with Crippen LogP contribution in [0.1, 0.15) is 12.5 Å². The van der Waals surface area contributed by atoms with Gasteiger partial charge in [0.1, 0.15) is 5.82 Å². The Kier molecular flexibility index (Phi) is 3.55. The number of imidazole rings is 1. The number of aryl methyl sites for hydroxylation is 2. The van der Waals surface area contributed by atoms with Gasteiger partial charge in [0.25, 0.3) is 0 Å². The zero-order valence-corrected chi connectivity index (χ0v) is 12.5. The van der Waals surface area contributed by atoms with Crippen LogP contribution < -0.4 is 5.32 Å². The molecule has 0 fully saturated rings. The Morgan fingerprint density at radius 3 is 2.59 bits per heavy atom. The molecule has 2 N–H and O–H groups in total. The first-order valence-electron chi connectivity index (χ1n) is 7.14. The van der Waals surface area contributed by atoms with Gasteiger partial charge < -0.3 is 9.67 Å². The molecule has 112 valence electrons. The Balaban J connectivity index is 2.06. The van der Waals surface area contributed by atoms with Crippen LogP contribution >= 0.6 is 0 Å². The summed E-state index contributed by atoms with van der Waals surface area (Å²) in [6.07, 6.45) is -0.0711. The van der Waals surface area contributed by atoms with Gasteiger partial charge in [-0.3, -0.25) is 5.32 Å². The van der Waals surface area contributed by atoms with E-state index in [1.807, 2.05) is 17.7 Å². The summed E-state index contributed by atoms with van der Waals surface area (Å²) in [6, 6.07) is 13.7. The van der Waals surface area contributed by atoms with Gasteiger partial charge in [-0.25, -0.2) is 9.78 Å². The maximum absolute atomic E-state index is 10.7. The van der Waals surface area contributed by atoms with Gasteiger partial charge in [0.05, 0.1) is 11.0 Å². The van der Waals surface area contributed by atoms with Crippen molar-refractivity contribution < 1.29 is 9.90 Å². The average molecular weight is 295 g/mol. The molecule has 0 radical (unpaired) electrons. The van der Waals surface area contributed by atoms with E-state index in [1.54, 1.807) is 12.1 Å². The second-order valence-electron chi connectivity index (χ2n) is 5.18. The number of carbonyl (C=O) groups is 1. The van der Waals surface area contributed by atoms with Crippen LogP contribution in [0.15, 0.2) is 42.5 Å². The molecule has 0 bridgehead atoms. The van der Waals surface area contributed by atoms with Crippen molar-refractivity contribution in [3.05, 3.63) is 48.0 Å². The van der Waals surface area contributed by atoms with Crippen LogP contribution in [-0.2, 0) is 13.5 Å². The van der Waals surface area contributed by atoms with E-state index in [4.69, 9.17) is 5.11 Å². The first-order chi connectivity index (χ1) is 10.6. The highest BCUT2D eigenvalue weighted by atomic mass is 16.4. The Morgan fingerprint density at radius 1 is 1.23 bits per heavy atom. The van der Waals surface area contributed by atoms with Crippen LogP contribution in [0.5, 0.6) is 0 Å². The number of hydrogen-bond donors (Lipinski definition) is 2. The molecule has 3 aromatic rings. The van der Waals surface area contributed by atoms with Crippen molar-refractivity contribution in [2.24, 2.45) is 7.05 Å².